The summed E-state index contributed by atoms with van der Waals surface area (Å²) in [6.07, 6.45) is 2.00. The number of hydrazone groups is 1. The number of carbonyl (C=O) groups is 1. The van der Waals surface area contributed by atoms with Crippen molar-refractivity contribution in [3.05, 3.63) is 89.5 Å². The molecule has 7 heteroatoms. The zero-order valence-electron chi connectivity index (χ0n) is 21.1. The van der Waals surface area contributed by atoms with Crippen LogP contribution in [0.3, 0.4) is 0 Å². The molecule has 0 unspecified atom stereocenters. The number of amidine groups is 1. The zero-order valence-corrected chi connectivity index (χ0v) is 21.9. The molecule has 5 rings (SSSR count). The number of amides is 1. The van der Waals surface area contributed by atoms with Crippen LogP contribution in [0.15, 0.2) is 82.9 Å². The van der Waals surface area contributed by atoms with Crippen LogP contribution in [0.25, 0.3) is 0 Å². The van der Waals surface area contributed by atoms with Crippen molar-refractivity contribution >= 4 is 39.9 Å². The molecule has 0 aromatic heterocycles. The summed E-state index contributed by atoms with van der Waals surface area (Å²) in [5.41, 5.74) is 6.33. The molecule has 0 radical (unpaired) electrons. The number of para-hydroxylation sites is 1. The molecule has 6 nitrogen and oxygen atoms in total. The first-order valence-electron chi connectivity index (χ1n) is 12.1. The summed E-state index contributed by atoms with van der Waals surface area (Å²) in [5.74, 6) is 1.73. The summed E-state index contributed by atoms with van der Waals surface area (Å²) in [7, 11) is 3.39. The number of anilines is 1. The van der Waals surface area contributed by atoms with Crippen molar-refractivity contribution < 1.29 is 9.53 Å². The Morgan fingerprint density at radius 2 is 1.81 bits per heavy atom. The smallest absolute Gasteiger partial charge is 0.302 e. The van der Waals surface area contributed by atoms with Gasteiger partial charge in [0, 0.05) is 24.8 Å². The molecule has 0 bridgehead atoms. The number of aryl methyl sites for hydroxylation is 1. The zero-order chi connectivity index (χ0) is 25.3. The summed E-state index contributed by atoms with van der Waals surface area (Å²) in [6.45, 7) is 4.99. The number of rotatable bonds is 4. The van der Waals surface area contributed by atoms with E-state index < -0.39 is 4.75 Å². The van der Waals surface area contributed by atoms with Crippen molar-refractivity contribution in [1.82, 2.24) is 5.01 Å². The van der Waals surface area contributed by atoms with E-state index in [0.29, 0.717) is 0 Å². The fraction of sp³-hybridized carbons (Fsp3) is 0.276. The highest BCUT2D eigenvalue weighted by atomic mass is 32.2. The van der Waals surface area contributed by atoms with E-state index in [4.69, 9.17) is 9.73 Å². The minimum Gasteiger partial charge on any atom is -0.497 e. The van der Waals surface area contributed by atoms with E-state index >= 15 is 0 Å². The van der Waals surface area contributed by atoms with E-state index in [2.05, 4.69) is 54.2 Å². The third kappa shape index (κ3) is 4.75. The Hall–Kier alpha value is -3.58. The number of hydrogen-bond acceptors (Lipinski definition) is 5. The van der Waals surface area contributed by atoms with Crippen LogP contribution < -0.4 is 9.64 Å². The summed E-state index contributed by atoms with van der Waals surface area (Å²) >= 11 is 1.32. The molecule has 0 saturated carbocycles. The first-order chi connectivity index (χ1) is 17.4. The SMILES string of the molecule is COc1ccc(C(=Nc2ccccc2)N2CCCc3cc(C4=NN(C)C(=O)SC4(C)C)ccc32)cc1. The Kier molecular flexibility index (Phi) is 6.58. The fourth-order valence-electron chi connectivity index (χ4n) is 4.66. The van der Waals surface area contributed by atoms with E-state index in [1.807, 2.05) is 42.5 Å². The van der Waals surface area contributed by atoms with Gasteiger partial charge in [-0.1, -0.05) is 36.0 Å². The van der Waals surface area contributed by atoms with E-state index in [9.17, 15) is 4.79 Å². The van der Waals surface area contributed by atoms with Crippen LogP contribution in [-0.4, -0.2) is 47.2 Å². The van der Waals surface area contributed by atoms with Crippen molar-refractivity contribution in [2.75, 3.05) is 25.6 Å². The summed E-state index contributed by atoms with van der Waals surface area (Å²) in [6, 6.07) is 24.7. The van der Waals surface area contributed by atoms with Crippen LogP contribution in [0.5, 0.6) is 5.75 Å². The Morgan fingerprint density at radius 1 is 1.06 bits per heavy atom. The normalized spacial score (nSPS) is 17.5. The first-order valence-corrected chi connectivity index (χ1v) is 12.9. The largest absolute Gasteiger partial charge is 0.497 e. The number of carbonyl (C=O) groups excluding carboxylic acids is 1. The van der Waals surface area contributed by atoms with Crippen molar-refractivity contribution in [3.63, 3.8) is 0 Å². The Bertz CT molecular complexity index is 1330. The van der Waals surface area contributed by atoms with Crippen LogP contribution in [0.2, 0.25) is 0 Å². The highest BCUT2D eigenvalue weighted by Crippen LogP contribution is 2.37. The Balaban J connectivity index is 1.57. The lowest BCUT2D eigenvalue weighted by Gasteiger charge is -2.35. The van der Waals surface area contributed by atoms with Gasteiger partial charge in [0.05, 0.1) is 23.3 Å². The van der Waals surface area contributed by atoms with Gasteiger partial charge in [-0.05, 0) is 86.3 Å². The molecule has 3 aromatic carbocycles. The highest BCUT2D eigenvalue weighted by Gasteiger charge is 2.37. The average molecular weight is 499 g/mol. The highest BCUT2D eigenvalue weighted by molar-refractivity contribution is 8.15. The molecule has 184 valence electrons. The number of aliphatic imine (C=N–C) groups is 1. The lowest BCUT2D eigenvalue weighted by atomic mass is 9.93. The molecule has 1 amide bonds. The standard InChI is InChI=1S/C29H30N4O2S/c1-29(2)26(31-32(3)28(34)36-29)22-14-17-25-21(19-22)9-8-18-33(25)27(30-23-10-6-5-7-11-23)20-12-15-24(35-4)16-13-20/h5-7,10-17,19H,8-9,18H2,1-4H3. The molecule has 2 heterocycles. The predicted octanol–water partition coefficient (Wildman–Crippen LogP) is 6.51. The molecule has 0 fully saturated rings. The topological polar surface area (TPSA) is 57.5 Å². The number of ether oxygens (including phenoxy) is 1. The maximum atomic E-state index is 12.2. The van der Waals surface area contributed by atoms with E-state index in [1.165, 1.54) is 22.3 Å². The summed E-state index contributed by atoms with van der Waals surface area (Å²) in [4.78, 5) is 19.6. The number of nitrogens with zero attached hydrogens (tertiary/aromatic N) is 4. The molecular weight excluding hydrogens is 468 g/mol. The maximum absolute atomic E-state index is 12.2. The van der Waals surface area contributed by atoms with E-state index in [-0.39, 0.29) is 5.24 Å². The molecule has 3 aromatic rings. The number of thioether (sulfide) groups is 1. The number of fused-ring (bicyclic) bond motifs is 1. The predicted molar refractivity (Wildman–Crippen MR) is 149 cm³/mol. The molecule has 0 spiro atoms. The second-order valence-corrected chi connectivity index (χ2v) is 11.0. The maximum Gasteiger partial charge on any atom is 0.302 e. The van der Waals surface area contributed by atoms with Gasteiger partial charge in [-0.3, -0.25) is 4.79 Å². The lowest BCUT2D eigenvalue weighted by Crippen LogP contribution is -2.40. The fourth-order valence-corrected chi connectivity index (χ4v) is 5.52. The molecule has 2 aliphatic rings. The third-order valence-corrected chi connectivity index (χ3v) is 7.64. The molecule has 0 atom stereocenters. The van der Waals surface area contributed by atoms with Crippen LogP contribution in [-0.2, 0) is 6.42 Å². The molecular formula is C29H30N4O2S. The van der Waals surface area contributed by atoms with Gasteiger partial charge in [0.15, 0.2) is 0 Å². The molecule has 2 aliphatic heterocycles. The van der Waals surface area contributed by atoms with Crippen molar-refractivity contribution in [2.45, 2.75) is 31.4 Å². The van der Waals surface area contributed by atoms with Crippen LogP contribution in [0.1, 0.15) is 37.0 Å². The van der Waals surface area contributed by atoms with Gasteiger partial charge in [0.25, 0.3) is 0 Å². The molecule has 36 heavy (non-hydrogen) atoms. The van der Waals surface area contributed by atoms with Crippen LogP contribution in [0, 0.1) is 0 Å². The van der Waals surface area contributed by atoms with Crippen LogP contribution in [0.4, 0.5) is 16.2 Å². The quantitative estimate of drug-likeness (QED) is 0.304. The molecule has 0 saturated heterocycles. The van der Waals surface area contributed by atoms with Gasteiger partial charge in [0.2, 0.25) is 0 Å². The number of methoxy groups -OCH3 is 1. The third-order valence-electron chi connectivity index (χ3n) is 6.49. The lowest BCUT2D eigenvalue weighted by molar-refractivity contribution is 0.234. The van der Waals surface area contributed by atoms with E-state index in [0.717, 1.165) is 59.2 Å². The number of hydrogen-bond donors (Lipinski definition) is 0. The molecule has 0 aliphatic carbocycles. The minimum absolute atomic E-state index is 0.0332. The Labute approximate surface area is 216 Å². The second kappa shape index (κ2) is 9.82. The van der Waals surface area contributed by atoms with Crippen LogP contribution >= 0.6 is 11.8 Å². The molecule has 0 N–H and O–H groups in total. The summed E-state index contributed by atoms with van der Waals surface area (Å²) < 4.78 is 4.99. The van der Waals surface area contributed by atoms with Crippen molar-refractivity contribution in [3.8, 4) is 5.75 Å². The van der Waals surface area contributed by atoms with Crippen molar-refractivity contribution in [1.29, 1.82) is 0 Å². The van der Waals surface area contributed by atoms with Gasteiger partial charge in [0.1, 0.15) is 11.6 Å². The van der Waals surface area contributed by atoms with Crippen molar-refractivity contribution in [2.24, 2.45) is 10.1 Å². The van der Waals surface area contributed by atoms with Gasteiger partial charge in [-0.15, -0.1) is 0 Å². The average Bonchev–Trinajstić information content (AvgIpc) is 2.89. The van der Waals surface area contributed by atoms with Gasteiger partial charge in [-0.25, -0.2) is 10.0 Å². The van der Waals surface area contributed by atoms with Gasteiger partial charge >= 0.3 is 5.24 Å². The van der Waals surface area contributed by atoms with Gasteiger partial charge in [-0.2, -0.15) is 5.10 Å². The first kappa shape index (κ1) is 24.1. The number of benzene rings is 3. The monoisotopic (exact) mass is 498 g/mol. The second-order valence-electron chi connectivity index (χ2n) is 9.45. The van der Waals surface area contributed by atoms with Gasteiger partial charge < -0.3 is 9.64 Å². The Morgan fingerprint density at radius 3 is 2.53 bits per heavy atom. The minimum atomic E-state index is -0.394. The summed E-state index contributed by atoms with van der Waals surface area (Å²) in [5, 5.41) is 6.04. The van der Waals surface area contributed by atoms with E-state index in [1.54, 1.807) is 14.2 Å².